The minimum Gasteiger partial charge on any atom is -0.459 e. The Bertz CT molecular complexity index is 2220. The maximum Gasteiger partial charge on any atom is 0.408 e. The van der Waals surface area contributed by atoms with Crippen LogP contribution in [0, 0.1) is 17.8 Å². The van der Waals surface area contributed by atoms with Crippen LogP contribution in [0.4, 0.5) is 4.79 Å². The van der Waals surface area contributed by atoms with Gasteiger partial charge in [0.25, 0.3) is 17.5 Å². The third-order valence-corrected chi connectivity index (χ3v) is 15.6. The number of nitrogens with one attached hydrogen (secondary N) is 3. The summed E-state index contributed by atoms with van der Waals surface area (Å²) in [6, 6.07) is 0.326. The highest BCUT2D eigenvalue weighted by molar-refractivity contribution is 7.91. The van der Waals surface area contributed by atoms with Crippen LogP contribution in [-0.2, 0) is 45.5 Å². The minimum atomic E-state index is -3.94. The molecule has 3 N–H and O–H groups in total. The zero-order chi connectivity index (χ0) is 43.5. The van der Waals surface area contributed by atoms with Crippen molar-refractivity contribution in [1.29, 1.82) is 0 Å². The molecule has 1 unspecified atom stereocenters. The second-order valence-corrected chi connectivity index (χ2v) is 21.0. The fraction of sp³-hybridized carbons (Fsp3) is 0.707. The average Bonchev–Trinajstić information content (AvgIpc) is 3.54. The highest BCUT2D eigenvalue weighted by Crippen LogP contribution is 2.34. The molecule has 60 heavy (non-hydrogen) atoms. The number of rotatable bonds is 17. The number of alkyl carbamates (subject to hydrolysis) is 1. The lowest BCUT2D eigenvalue weighted by Crippen LogP contribution is -2.59. The number of nitrogens with zero attached hydrogens (tertiary/aromatic N) is 3. The number of benzene rings is 1. The quantitative estimate of drug-likeness (QED) is 0.207. The summed E-state index contributed by atoms with van der Waals surface area (Å²) < 4.78 is 66.0. The van der Waals surface area contributed by atoms with E-state index in [2.05, 4.69) is 27.3 Å². The number of hydrogen-bond acceptors (Lipinski definition) is 12. The molecular formula is C41H60N6O11S2. The maximum absolute atomic E-state index is 14.9. The van der Waals surface area contributed by atoms with Crippen molar-refractivity contribution in [3.63, 3.8) is 0 Å². The van der Waals surface area contributed by atoms with Gasteiger partial charge in [-0.05, 0) is 94.2 Å². The zero-order valence-electron chi connectivity index (χ0n) is 35.2. The lowest BCUT2D eigenvalue weighted by Gasteiger charge is -2.32. The first kappa shape index (κ1) is 45.3. The molecule has 19 heteroatoms. The van der Waals surface area contributed by atoms with Crippen LogP contribution in [0.1, 0.15) is 111 Å². The molecule has 0 radical (unpaired) electrons. The van der Waals surface area contributed by atoms with Crippen molar-refractivity contribution >= 4 is 54.6 Å². The Morgan fingerprint density at radius 1 is 0.950 bits per heavy atom. The van der Waals surface area contributed by atoms with Crippen LogP contribution in [0.15, 0.2) is 27.9 Å². The first-order valence-electron chi connectivity index (χ1n) is 21.5. The summed E-state index contributed by atoms with van der Waals surface area (Å²) in [6.07, 6.45) is 7.86. The van der Waals surface area contributed by atoms with E-state index < -0.39 is 84.6 Å². The lowest BCUT2D eigenvalue weighted by molar-refractivity contribution is -0.142. The van der Waals surface area contributed by atoms with Crippen molar-refractivity contribution < 1.29 is 45.5 Å². The predicted molar refractivity (Wildman–Crippen MR) is 222 cm³/mol. The number of carbonyl (C=O) groups excluding carboxylic acids is 4. The first-order valence-corrected chi connectivity index (χ1v) is 24.9. The Balaban J connectivity index is 1.32. The predicted octanol–water partition coefficient (Wildman–Crippen LogP) is 3.56. The molecule has 332 valence electrons. The van der Waals surface area contributed by atoms with Gasteiger partial charge in [0.15, 0.2) is 9.84 Å². The molecule has 1 aliphatic heterocycles. The number of sulfonamides is 1. The van der Waals surface area contributed by atoms with Crippen molar-refractivity contribution in [1.82, 2.24) is 29.8 Å². The average molecular weight is 877 g/mol. The fourth-order valence-corrected chi connectivity index (χ4v) is 10.9. The highest BCUT2D eigenvalue weighted by Gasteiger charge is 2.47. The fourth-order valence-electron chi connectivity index (χ4n) is 8.93. The van der Waals surface area contributed by atoms with Crippen LogP contribution >= 0.6 is 0 Å². The summed E-state index contributed by atoms with van der Waals surface area (Å²) in [7, 11) is -7.58. The first-order chi connectivity index (χ1) is 28.4. The van der Waals surface area contributed by atoms with E-state index in [-0.39, 0.29) is 59.3 Å². The smallest absolute Gasteiger partial charge is 0.408 e. The Morgan fingerprint density at radius 2 is 1.67 bits per heavy atom. The molecule has 0 spiro atoms. The second kappa shape index (κ2) is 18.8. The third-order valence-electron chi connectivity index (χ3n) is 12.7. The number of fused-ring (bicyclic) bond motifs is 1. The SMILES string of the molecule is CCC[C@@H]1CCC[C@H]1OC(=O)N[C@H](C(=O)N1C[C@H](Oc2nc3cc(S(C)(=O)=O)ccc3c(=O)n2CC)C[C@H]1C(=O)NC(C(=O)NS(=O)(=O)C1CC1)[C@@H](C)CC)C1CCCC1. The molecule has 6 rings (SSSR count). The van der Waals surface area contributed by atoms with Gasteiger partial charge >= 0.3 is 6.09 Å². The molecule has 0 bridgehead atoms. The number of likely N-dealkylation sites (tertiary alicyclic amines) is 1. The monoisotopic (exact) mass is 876 g/mol. The summed E-state index contributed by atoms with van der Waals surface area (Å²) in [5.74, 6) is -2.64. The van der Waals surface area contributed by atoms with Gasteiger partial charge in [0.05, 0.1) is 27.6 Å². The van der Waals surface area contributed by atoms with Gasteiger partial charge in [-0.3, -0.25) is 28.5 Å². The zero-order valence-corrected chi connectivity index (χ0v) is 36.8. The van der Waals surface area contributed by atoms with Crippen LogP contribution in [-0.4, -0.2) is 103 Å². The molecule has 4 fully saturated rings. The molecule has 4 aliphatic rings. The van der Waals surface area contributed by atoms with Gasteiger partial charge in [-0.2, -0.15) is 4.98 Å². The van der Waals surface area contributed by atoms with Crippen LogP contribution < -0.4 is 25.7 Å². The van der Waals surface area contributed by atoms with Gasteiger partial charge in [-0.25, -0.2) is 21.6 Å². The number of ether oxygens (including phenoxy) is 2. The van der Waals surface area contributed by atoms with Gasteiger partial charge < -0.3 is 25.0 Å². The van der Waals surface area contributed by atoms with E-state index in [0.717, 1.165) is 51.2 Å². The Morgan fingerprint density at radius 3 is 2.30 bits per heavy atom. The number of amides is 4. The number of aromatic nitrogens is 2. The molecule has 1 aromatic carbocycles. The number of carbonyl (C=O) groups is 4. The third kappa shape index (κ3) is 10.3. The van der Waals surface area contributed by atoms with E-state index in [1.807, 2.05) is 0 Å². The molecule has 17 nitrogen and oxygen atoms in total. The molecule has 7 atom stereocenters. The molecule has 1 aromatic heterocycles. The Hall–Kier alpha value is -4.26. The standard InChI is InChI=1S/C41H60N6O11S2/c1-6-12-25-15-11-16-33(25)58-41(52)44-35(26-13-9-10-14-26)39(51)47-23-27(57-40-42-31-22-29(59(5,53)54)19-20-30(31)38(50)46(40)8-3)21-32(47)36(48)43-34(24(4)7-2)37(49)45-60(55,56)28-17-18-28/h19-20,22,24-28,32-35H,6-18,21,23H2,1-5H3,(H,43,48)(H,44,52)(H,45,49)/t24-,25+,27+,32-,33+,34?,35-/m0/s1. The van der Waals surface area contributed by atoms with Gasteiger partial charge in [-0.1, -0.05) is 46.5 Å². The molecule has 3 saturated carbocycles. The van der Waals surface area contributed by atoms with Crippen molar-refractivity contribution in [2.75, 3.05) is 12.8 Å². The second-order valence-electron chi connectivity index (χ2n) is 17.0. The van der Waals surface area contributed by atoms with E-state index >= 15 is 0 Å². The van der Waals surface area contributed by atoms with E-state index in [9.17, 15) is 40.8 Å². The van der Waals surface area contributed by atoms with Crippen molar-refractivity contribution in [3.05, 3.63) is 28.6 Å². The summed E-state index contributed by atoms with van der Waals surface area (Å²) in [4.78, 5) is 75.9. The van der Waals surface area contributed by atoms with E-state index in [0.29, 0.717) is 32.1 Å². The van der Waals surface area contributed by atoms with Gasteiger partial charge in [0.1, 0.15) is 30.3 Å². The molecule has 2 heterocycles. The highest BCUT2D eigenvalue weighted by atomic mass is 32.2. The van der Waals surface area contributed by atoms with E-state index in [4.69, 9.17) is 9.47 Å². The molecule has 1 saturated heterocycles. The van der Waals surface area contributed by atoms with Crippen LogP contribution in [0.25, 0.3) is 10.9 Å². The molecule has 3 aliphatic carbocycles. The molecular weight excluding hydrogens is 817 g/mol. The van der Waals surface area contributed by atoms with Gasteiger partial charge in [-0.15, -0.1) is 0 Å². The van der Waals surface area contributed by atoms with Crippen molar-refractivity contribution in [3.8, 4) is 6.01 Å². The molecule has 2 aromatic rings. The topological polar surface area (TPSA) is 229 Å². The van der Waals surface area contributed by atoms with E-state index in [1.54, 1.807) is 20.8 Å². The summed E-state index contributed by atoms with van der Waals surface area (Å²) in [6.45, 7) is 7.28. The normalized spacial score (nSPS) is 23.9. The van der Waals surface area contributed by atoms with Crippen molar-refractivity contribution in [2.24, 2.45) is 17.8 Å². The Labute approximate surface area is 352 Å². The summed E-state index contributed by atoms with van der Waals surface area (Å²) >= 11 is 0. The minimum absolute atomic E-state index is 0.0425. The van der Waals surface area contributed by atoms with E-state index in [1.165, 1.54) is 27.7 Å². The van der Waals surface area contributed by atoms with Crippen LogP contribution in [0.5, 0.6) is 6.01 Å². The van der Waals surface area contributed by atoms with Crippen molar-refractivity contribution in [2.45, 2.75) is 158 Å². The maximum atomic E-state index is 14.9. The molecule has 4 amide bonds. The lowest BCUT2D eigenvalue weighted by atomic mass is 9.96. The summed E-state index contributed by atoms with van der Waals surface area (Å²) in [5.41, 5.74) is -0.396. The Kier molecular flexibility index (Phi) is 14.2. The number of hydrogen-bond donors (Lipinski definition) is 3. The van der Waals surface area contributed by atoms with Crippen LogP contribution in [0.2, 0.25) is 0 Å². The van der Waals surface area contributed by atoms with Gasteiger partial charge in [0, 0.05) is 19.2 Å². The summed E-state index contributed by atoms with van der Waals surface area (Å²) in [5, 5.41) is 5.13. The van der Waals surface area contributed by atoms with Gasteiger partial charge in [0.2, 0.25) is 21.8 Å². The van der Waals surface area contributed by atoms with Crippen LogP contribution in [0.3, 0.4) is 0 Å². The largest absolute Gasteiger partial charge is 0.459 e. The number of sulfone groups is 1.